The minimum atomic E-state index is -0.364. The van der Waals surface area contributed by atoms with Crippen LogP contribution in [0.4, 0.5) is 0 Å². The number of carbonyl (C=O) groups is 1. The number of carbonyl (C=O) groups excluding carboxylic acids is 1. The van der Waals surface area contributed by atoms with E-state index in [2.05, 4.69) is 15.3 Å². The Morgan fingerprint density at radius 3 is 3.00 bits per heavy atom. The summed E-state index contributed by atoms with van der Waals surface area (Å²) in [5, 5.41) is 16.4. The Kier molecular flexibility index (Phi) is 4.57. The van der Waals surface area contributed by atoms with E-state index in [0.29, 0.717) is 12.8 Å². The van der Waals surface area contributed by atoms with Crippen LogP contribution in [0.3, 0.4) is 0 Å². The van der Waals surface area contributed by atoms with Crippen molar-refractivity contribution in [3.05, 3.63) is 36.3 Å². The van der Waals surface area contributed by atoms with E-state index in [-0.39, 0.29) is 5.91 Å². The minimum absolute atomic E-state index is 0.310. The van der Waals surface area contributed by atoms with Crippen molar-refractivity contribution in [1.29, 1.82) is 0 Å². The summed E-state index contributed by atoms with van der Waals surface area (Å²) in [6.07, 6.45) is 6.09. The minimum Gasteiger partial charge on any atom is -0.289 e. The highest BCUT2D eigenvalue weighted by molar-refractivity contribution is 5.74. The highest BCUT2D eigenvalue weighted by Crippen LogP contribution is 2.06. The average molecular weight is 261 g/mol. The molecule has 0 saturated carbocycles. The maximum Gasteiger partial charge on any atom is 0.243 e. The molecule has 0 aromatic carbocycles. The molecule has 0 spiro atoms. The molecule has 19 heavy (non-hydrogen) atoms. The van der Waals surface area contributed by atoms with E-state index in [1.165, 1.54) is 0 Å². The molecule has 7 nitrogen and oxygen atoms in total. The molecule has 100 valence electrons. The van der Waals surface area contributed by atoms with Crippen molar-refractivity contribution in [2.24, 2.45) is 0 Å². The number of nitrogens with zero attached hydrogens (tertiary/aromatic N) is 4. The first-order chi connectivity index (χ1) is 9.29. The molecule has 0 saturated heterocycles. The summed E-state index contributed by atoms with van der Waals surface area (Å²) < 4.78 is 1.62. The molecule has 2 aromatic heterocycles. The number of hydrogen-bond donors (Lipinski definition) is 2. The fourth-order valence-corrected chi connectivity index (χ4v) is 1.66. The Labute approximate surface area is 110 Å². The Hall–Kier alpha value is -2.28. The fraction of sp³-hybridized carbons (Fsp3) is 0.333. The zero-order valence-electron chi connectivity index (χ0n) is 10.4. The molecule has 0 fully saturated rings. The number of hydroxylamine groups is 1. The van der Waals surface area contributed by atoms with Gasteiger partial charge in [0, 0.05) is 12.6 Å². The monoisotopic (exact) mass is 261 g/mol. The van der Waals surface area contributed by atoms with Gasteiger partial charge in [0.25, 0.3) is 0 Å². The SMILES string of the molecule is O=C(CCCCc1cn(-c2ccccn2)nn1)NO. The quantitative estimate of drug-likeness (QED) is 0.457. The molecule has 0 aliphatic heterocycles. The van der Waals surface area contributed by atoms with Gasteiger partial charge < -0.3 is 0 Å². The third kappa shape index (κ3) is 3.85. The second-order valence-corrected chi connectivity index (χ2v) is 4.08. The van der Waals surface area contributed by atoms with E-state index < -0.39 is 0 Å². The lowest BCUT2D eigenvalue weighted by atomic mass is 10.1. The topological polar surface area (TPSA) is 92.9 Å². The maximum absolute atomic E-state index is 10.8. The highest BCUT2D eigenvalue weighted by Gasteiger charge is 2.04. The highest BCUT2D eigenvalue weighted by atomic mass is 16.5. The first-order valence-corrected chi connectivity index (χ1v) is 6.05. The maximum atomic E-state index is 10.8. The number of nitrogens with one attached hydrogen (secondary N) is 1. The molecule has 0 unspecified atom stereocenters. The lowest BCUT2D eigenvalue weighted by molar-refractivity contribution is -0.129. The Balaban J connectivity index is 1.83. The van der Waals surface area contributed by atoms with E-state index in [9.17, 15) is 4.79 Å². The van der Waals surface area contributed by atoms with Crippen molar-refractivity contribution < 1.29 is 10.0 Å². The van der Waals surface area contributed by atoms with Gasteiger partial charge in [-0.3, -0.25) is 10.0 Å². The van der Waals surface area contributed by atoms with Gasteiger partial charge in [0.2, 0.25) is 5.91 Å². The zero-order chi connectivity index (χ0) is 13.5. The normalized spacial score (nSPS) is 10.4. The van der Waals surface area contributed by atoms with Gasteiger partial charge >= 0.3 is 0 Å². The molecular weight excluding hydrogens is 246 g/mol. The van der Waals surface area contributed by atoms with Crippen LogP contribution in [-0.4, -0.2) is 31.1 Å². The van der Waals surface area contributed by atoms with Gasteiger partial charge in [-0.15, -0.1) is 5.10 Å². The first-order valence-electron chi connectivity index (χ1n) is 6.05. The predicted molar refractivity (Wildman–Crippen MR) is 66.6 cm³/mol. The second-order valence-electron chi connectivity index (χ2n) is 4.08. The number of aryl methyl sites for hydroxylation is 1. The number of aromatic nitrogens is 4. The van der Waals surface area contributed by atoms with E-state index in [1.807, 2.05) is 24.4 Å². The Bertz CT molecular complexity index is 526. The summed E-state index contributed by atoms with van der Waals surface area (Å²) in [7, 11) is 0. The van der Waals surface area contributed by atoms with Gasteiger partial charge in [-0.25, -0.2) is 15.1 Å². The zero-order valence-corrected chi connectivity index (χ0v) is 10.4. The van der Waals surface area contributed by atoms with E-state index in [0.717, 1.165) is 24.4 Å². The van der Waals surface area contributed by atoms with Gasteiger partial charge in [0.1, 0.15) is 0 Å². The van der Waals surface area contributed by atoms with Crippen LogP contribution in [-0.2, 0) is 11.2 Å². The number of pyridine rings is 1. The third-order valence-electron chi connectivity index (χ3n) is 2.64. The molecule has 2 heterocycles. The number of unbranched alkanes of at least 4 members (excludes halogenated alkanes) is 1. The van der Waals surface area contributed by atoms with Crippen molar-refractivity contribution in [3.8, 4) is 5.82 Å². The molecule has 0 aliphatic carbocycles. The molecule has 2 rings (SSSR count). The lowest BCUT2D eigenvalue weighted by Crippen LogP contribution is -2.17. The second kappa shape index (κ2) is 6.60. The smallest absolute Gasteiger partial charge is 0.243 e. The van der Waals surface area contributed by atoms with Crippen molar-refractivity contribution in [2.45, 2.75) is 25.7 Å². The van der Waals surface area contributed by atoms with Crippen LogP contribution < -0.4 is 5.48 Å². The van der Waals surface area contributed by atoms with Crippen molar-refractivity contribution >= 4 is 5.91 Å². The molecule has 2 N–H and O–H groups in total. The number of amides is 1. The Morgan fingerprint density at radius 1 is 1.37 bits per heavy atom. The summed E-state index contributed by atoms with van der Waals surface area (Å²) in [5.74, 6) is 0.359. The molecule has 0 atom stereocenters. The van der Waals surface area contributed by atoms with E-state index >= 15 is 0 Å². The van der Waals surface area contributed by atoms with Gasteiger partial charge in [0.05, 0.1) is 11.9 Å². The number of rotatable bonds is 6. The van der Waals surface area contributed by atoms with E-state index in [1.54, 1.807) is 16.4 Å². The third-order valence-corrected chi connectivity index (χ3v) is 2.64. The summed E-state index contributed by atoms with van der Waals surface area (Å²) >= 11 is 0. The van der Waals surface area contributed by atoms with Crippen LogP contribution in [0.2, 0.25) is 0 Å². The molecule has 0 aliphatic rings. The van der Waals surface area contributed by atoms with Crippen LogP contribution in [0.15, 0.2) is 30.6 Å². The Morgan fingerprint density at radius 2 is 2.26 bits per heavy atom. The number of hydrogen-bond acceptors (Lipinski definition) is 5. The van der Waals surface area contributed by atoms with Gasteiger partial charge in [-0.2, -0.15) is 0 Å². The van der Waals surface area contributed by atoms with Crippen molar-refractivity contribution in [2.75, 3.05) is 0 Å². The molecule has 7 heteroatoms. The first kappa shape index (κ1) is 13.2. The fourth-order valence-electron chi connectivity index (χ4n) is 1.66. The average Bonchev–Trinajstić information content (AvgIpc) is 2.93. The van der Waals surface area contributed by atoms with Crippen molar-refractivity contribution in [3.63, 3.8) is 0 Å². The van der Waals surface area contributed by atoms with Crippen LogP contribution in [0.1, 0.15) is 25.0 Å². The van der Waals surface area contributed by atoms with Crippen LogP contribution >= 0.6 is 0 Å². The van der Waals surface area contributed by atoms with Gasteiger partial charge in [-0.1, -0.05) is 11.3 Å². The summed E-state index contributed by atoms with van der Waals surface area (Å²) in [6.45, 7) is 0. The standard InChI is InChI=1S/C12H15N5O2/c18-12(15-19)7-2-1-5-10-9-17(16-14-10)11-6-3-4-8-13-11/h3-4,6,8-9,19H,1-2,5,7H2,(H,15,18). The van der Waals surface area contributed by atoms with E-state index in [4.69, 9.17) is 5.21 Å². The molecule has 1 amide bonds. The largest absolute Gasteiger partial charge is 0.289 e. The van der Waals surface area contributed by atoms with Crippen LogP contribution in [0.25, 0.3) is 5.82 Å². The van der Waals surface area contributed by atoms with Gasteiger partial charge in [-0.05, 0) is 31.4 Å². The molecule has 0 radical (unpaired) electrons. The summed E-state index contributed by atoms with van der Waals surface area (Å²) in [4.78, 5) is 15.0. The van der Waals surface area contributed by atoms with Crippen LogP contribution in [0.5, 0.6) is 0 Å². The molecule has 2 aromatic rings. The summed E-state index contributed by atoms with van der Waals surface area (Å²) in [5.41, 5.74) is 2.47. The molecule has 0 bridgehead atoms. The predicted octanol–water partition coefficient (Wildman–Crippen LogP) is 0.880. The van der Waals surface area contributed by atoms with Crippen LogP contribution in [0, 0.1) is 0 Å². The lowest BCUT2D eigenvalue weighted by Gasteiger charge is -1.98. The summed E-state index contributed by atoms with van der Waals surface area (Å²) in [6, 6.07) is 5.58. The van der Waals surface area contributed by atoms with Crippen molar-refractivity contribution in [1.82, 2.24) is 25.5 Å². The molecular formula is C12H15N5O2. The van der Waals surface area contributed by atoms with Gasteiger partial charge in [0.15, 0.2) is 5.82 Å².